The standard InChI is InChI=1S/C73H103N3O32S4/c1-72(18-23-96-34-39-104-46-43-100-30-27-92-3)65(74(20-25-98-36-41-106-48-45-102-32-29-94-5)61-13-11-57-59(70(61)72)51-55(109(80,81)82)53-63(57)111(86,87)88)9-7-6-8-10-66-73(2,19-24-97-35-40-105-47-44-101-31-28-93-4)71-60-52-56(110(83,84)85)54-64(112(89,90)91)58(60)12-14-62(71)75(66)21-26-99-37-42-107-50-49-103-38-33-95-22-17-69(79)108-76-67(77)15-16-68(76)78/h6-14,51-54H,15-50H2,1-5H3,(H3-,80,81,82,83,84,85,86,87,88,89,90,91)/p+1. The highest BCUT2D eigenvalue weighted by Crippen LogP contribution is 2.54. The third kappa shape index (κ3) is 27.7. The van der Waals surface area contributed by atoms with Crippen LogP contribution in [0.1, 0.15) is 57.1 Å². The van der Waals surface area contributed by atoms with Crippen molar-refractivity contribution in [3.63, 3.8) is 0 Å². The number of methoxy groups -OCH3 is 3. The molecular formula is C73H104N3O32S4+. The van der Waals surface area contributed by atoms with E-state index in [1.165, 1.54) is 12.1 Å². The minimum Gasteiger partial charge on any atom is -0.382 e. The van der Waals surface area contributed by atoms with Gasteiger partial charge in [0, 0.05) is 99.2 Å². The molecule has 0 spiro atoms. The second kappa shape index (κ2) is 46.4. The monoisotopic (exact) mass is 1660 g/mol. The normalized spacial score (nSPS) is 17.4. The number of carbonyl (C=O) groups excluding carboxylic acids is 3. The molecule has 3 heterocycles. The smallest absolute Gasteiger partial charge is 0.335 e. The molecule has 0 aromatic heterocycles. The summed E-state index contributed by atoms with van der Waals surface area (Å²) in [5, 5.41) is 0.499. The van der Waals surface area contributed by atoms with Crippen LogP contribution in [0.2, 0.25) is 0 Å². The zero-order valence-corrected chi connectivity index (χ0v) is 66.9. The van der Waals surface area contributed by atoms with E-state index in [2.05, 4.69) is 0 Å². The van der Waals surface area contributed by atoms with Crippen LogP contribution in [0.5, 0.6) is 0 Å². The molecule has 7 rings (SSSR count). The molecule has 0 radical (unpaired) electrons. The molecule has 2 atom stereocenters. The Balaban J connectivity index is 1.23. The Bertz CT molecular complexity index is 4330. The Labute approximate surface area is 653 Å². The molecule has 0 saturated carbocycles. The van der Waals surface area contributed by atoms with Gasteiger partial charge >= 0.3 is 5.97 Å². The van der Waals surface area contributed by atoms with E-state index in [4.69, 9.17) is 80.6 Å². The summed E-state index contributed by atoms with van der Waals surface area (Å²) < 4.78 is 240. The van der Waals surface area contributed by atoms with Crippen LogP contribution in [-0.4, -0.2) is 311 Å². The van der Waals surface area contributed by atoms with Gasteiger partial charge in [-0.3, -0.25) is 27.8 Å². The lowest BCUT2D eigenvalue weighted by molar-refractivity contribution is -0.442. The average molecular weight is 1660 g/mol. The number of hydroxylamine groups is 2. The van der Waals surface area contributed by atoms with Crippen LogP contribution >= 0.6 is 0 Å². The Morgan fingerprint density at radius 1 is 0.438 bits per heavy atom. The Morgan fingerprint density at radius 3 is 1.25 bits per heavy atom. The predicted octanol–water partition coefficient (Wildman–Crippen LogP) is 5.04. The number of nitrogens with zero attached hydrogens (tertiary/aromatic N) is 3. The Morgan fingerprint density at radius 2 is 0.821 bits per heavy atom. The molecule has 39 heteroatoms. The number of fused-ring (bicyclic) bond motifs is 6. The summed E-state index contributed by atoms with van der Waals surface area (Å²) in [6, 6.07) is 9.82. The van der Waals surface area contributed by atoms with Crippen LogP contribution < -0.4 is 4.90 Å². The Kier molecular flexibility index (Phi) is 38.5. The maximum absolute atomic E-state index is 13.2. The van der Waals surface area contributed by atoms with Gasteiger partial charge in [0.2, 0.25) is 5.69 Å². The van der Waals surface area contributed by atoms with E-state index in [-0.39, 0.29) is 192 Å². The zero-order valence-electron chi connectivity index (χ0n) is 63.7. The first-order chi connectivity index (χ1) is 53.6. The van der Waals surface area contributed by atoms with E-state index in [0.717, 1.165) is 12.1 Å². The van der Waals surface area contributed by atoms with Crippen molar-refractivity contribution < 1.29 is 151 Å². The number of imide groups is 1. The van der Waals surface area contributed by atoms with E-state index < -0.39 is 88.7 Å². The van der Waals surface area contributed by atoms with Crippen molar-refractivity contribution in [2.45, 2.75) is 76.4 Å². The molecule has 626 valence electrons. The van der Waals surface area contributed by atoms with Gasteiger partial charge in [-0.05, 0) is 85.5 Å². The van der Waals surface area contributed by atoms with Crippen LogP contribution in [-0.2, 0) is 146 Å². The molecule has 1 fully saturated rings. The van der Waals surface area contributed by atoms with Gasteiger partial charge in [0.15, 0.2) is 12.3 Å². The quantitative estimate of drug-likeness (QED) is 0.0148. The fourth-order valence-electron chi connectivity index (χ4n) is 12.7. The lowest BCUT2D eigenvalue weighted by Crippen LogP contribution is -2.33. The molecule has 112 heavy (non-hydrogen) atoms. The third-order valence-corrected chi connectivity index (χ3v) is 21.5. The van der Waals surface area contributed by atoms with E-state index in [9.17, 15) is 66.3 Å². The molecule has 4 aromatic carbocycles. The number of carbonyl (C=O) groups is 3. The Hall–Kier alpha value is -6.30. The van der Waals surface area contributed by atoms with Crippen molar-refractivity contribution in [2.75, 3.05) is 231 Å². The number of amides is 2. The fourth-order valence-corrected chi connectivity index (χ4v) is 15.4. The highest BCUT2D eigenvalue weighted by molar-refractivity contribution is 7.87. The molecule has 2 unspecified atom stereocenters. The van der Waals surface area contributed by atoms with Crippen molar-refractivity contribution in [1.82, 2.24) is 5.06 Å². The van der Waals surface area contributed by atoms with Gasteiger partial charge in [-0.25, -0.2) is 4.79 Å². The molecule has 3 aliphatic rings. The van der Waals surface area contributed by atoms with Crippen LogP contribution in [0.25, 0.3) is 21.5 Å². The van der Waals surface area contributed by atoms with Gasteiger partial charge in [-0.15, -0.1) is 5.06 Å². The molecule has 0 bridgehead atoms. The van der Waals surface area contributed by atoms with E-state index in [1.807, 2.05) is 29.4 Å². The summed E-state index contributed by atoms with van der Waals surface area (Å²) in [4.78, 5) is 39.2. The lowest BCUT2D eigenvalue weighted by Gasteiger charge is -2.31. The van der Waals surface area contributed by atoms with Crippen molar-refractivity contribution in [1.29, 1.82) is 0 Å². The number of hydrogen-bond acceptors (Lipinski definition) is 29. The third-order valence-electron chi connectivity index (χ3n) is 18.1. The SMILES string of the molecule is COCCOCCOCCOCC[N+]1=C(/C=C/C=C/C=C2/N(CCOCCOCCOCCOCCC(=O)ON3C(=O)CCC3=O)c3ccc4c(S(=O)(=O)O)cc(S(=O)(=O)O)cc4c3C2(C)CCOCCOCCOCCOC)C(C)(CCOCCOCCOCCOC)c2c1ccc1c(S(=O)(=O)O)cc(S(=O)(=O)O)cc21. The second-order valence-corrected chi connectivity index (χ2v) is 31.4. The number of benzene rings is 4. The molecule has 1 saturated heterocycles. The van der Waals surface area contributed by atoms with Gasteiger partial charge < -0.3 is 85.5 Å². The topological polar surface area (TPSA) is 435 Å². The van der Waals surface area contributed by atoms with Gasteiger partial charge in [-0.1, -0.05) is 24.3 Å². The fraction of sp³-hybridized carbons (Fsp3) is 0.589. The highest BCUT2D eigenvalue weighted by Gasteiger charge is 2.50. The van der Waals surface area contributed by atoms with Crippen LogP contribution in [0.15, 0.2) is 104 Å². The zero-order chi connectivity index (χ0) is 81.2. The summed E-state index contributed by atoms with van der Waals surface area (Å²) in [6.45, 7) is 10.3. The number of ether oxygens (including phenoxy) is 16. The molecule has 35 nitrogen and oxygen atoms in total. The van der Waals surface area contributed by atoms with Crippen LogP contribution in [0.3, 0.4) is 0 Å². The molecular weight excluding hydrogens is 1560 g/mol. The maximum Gasteiger partial charge on any atom is 0.335 e. The van der Waals surface area contributed by atoms with E-state index in [0.29, 0.717) is 117 Å². The molecule has 2 amide bonds. The number of hydrogen-bond donors (Lipinski definition) is 4. The van der Waals surface area contributed by atoms with E-state index in [1.54, 1.807) is 57.8 Å². The number of rotatable bonds is 59. The van der Waals surface area contributed by atoms with Crippen molar-refractivity contribution in [3.8, 4) is 0 Å². The first-order valence-corrected chi connectivity index (χ1v) is 42.0. The summed E-state index contributed by atoms with van der Waals surface area (Å²) in [5.74, 6) is -1.97. The minimum absolute atomic E-state index is 0.0263. The second-order valence-electron chi connectivity index (χ2n) is 25.7. The minimum atomic E-state index is -5.15. The van der Waals surface area contributed by atoms with Gasteiger partial charge in [0.1, 0.15) is 16.4 Å². The number of allylic oxidation sites excluding steroid dienone is 6. The van der Waals surface area contributed by atoms with Crippen molar-refractivity contribution >= 4 is 96.9 Å². The van der Waals surface area contributed by atoms with Crippen molar-refractivity contribution in [3.05, 3.63) is 95.7 Å². The average Bonchev–Trinajstić information content (AvgIpc) is 1.55. The predicted molar refractivity (Wildman–Crippen MR) is 403 cm³/mol. The largest absolute Gasteiger partial charge is 0.382 e. The van der Waals surface area contributed by atoms with Crippen molar-refractivity contribution in [2.24, 2.45) is 0 Å². The van der Waals surface area contributed by atoms with E-state index >= 15 is 0 Å². The first kappa shape index (κ1) is 92.9. The summed E-state index contributed by atoms with van der Waals surface area (Å²) in [6.07, 6.45) is 8.88. The molecule has 0 aliphatic carbocycles. The van der Waals surface area contributed by atoms with Crippen LogP contribution in [0.4, 0.5) is 11.4 Å². The summed E-state index contributed by atoms with van der Waals surface area (Å²) >= 11 is 0. The van der Waals surface area contributed by atoms with Gasteiger partial charge in [0.25, 0.3) is 52.3 Å². The van der Waals surface area contributed by atoms with Crippen LogP contribution in [0, 0.1) is 0 Å². The summed E-state index contributed by atoms with van der Waals surface area (Å²) in [7, 11) is -15.8. The maximum atomic E-state index is 13.2. The van der Waals surface area contributed by atoms with Gasteiger partial charge in [0.05, 0.1) is 193 Å². The molecule has 4 aromatic rings. The first-order valence-electron chi connectivity index (χ1n) is 36.3. The van der Waals surface area contributed by atoms with Gasteiger partial charge in [-0.2, -0.15) is 38.2 Å². The summed E-state index contributed by atoms with van der Waals surface area (Å²) in [5.41, 5.74) is 0.511. The molecule has 4 N–H and O–H groups in total. The lowest BCUT2D eigenvalue weighted by atomic mass is 9.75. The number of anilines is 1. The highest BCUT2D eigenvalue weighted by atomic mass is 32.2. The molecule has 3 aliphatic heterocycles.